The number of hydrogen-bond donors (Lipinski definition) is 3. The molecule has 18 heavy (non-hydrogen) atoms. The predicted octanol–water partition coefficient (Wildman–Crippen LogP) is 2.57. The quantitative estimate of drug-likeness (QED) is 0.499. The van der Waals surface area contributed by atoms with Gasteiger partial charge < -0.3 is 15.3 Å². The summed E-state index contributed by atoms with van der Waals surface area (Å²) in [7, 11) is 0. The molecule has 4 nitrogen and oxygen atoms in total. The van der Waals surface area contributed by atoms with Crippen LogP contribution in [-0.4, -0.2) is 33.5 Å². The summed E-state index contributed by atoms with van der Waals surface area (Å²) in [6.07, 6.45) is 5.47. The van der Waals surface area contributed by atoms with Gasteiger partial charge in [0, 0.05) is 0 Å². The van der Waals surface area contributed by atoms with Crippen LogP contribution in [0.5, 0.6) is 0 Å². The minimum absolute atomic E-state index is 0.361. The van der Waals surface area contributed by atoms with Gasteiger partial charge in [0.05, 0.1) is 6.10 Å². The van der Waals surface area contributed by atoms with Gasteiger partial charge in [-0.1, -0.05) is 58.8 Å². The lowest BCUT2D eigenvalue weighted by Crippen LogP contribution is -2.33. The number of hydrogen-bond acceptors (Lipinski definition) is 3. The van der Waals surface area contributed by atoms with E-state index in [1.165, 1.54) is 25.7 Å². The van der Waals surface area contributed by atoms with Crippen LogP contribution in [0.3, 0.4) is 0 Å². The molecule has 0 fully saturated rings. The summed E-state index contributed by atoms with van der Waals surface area (Å²) in [6, 6.07) is 0. The zero-order chi connectivity index (χ0) is 14.0. The first-order valence-corrected chi connectivity index (χ1v) is 7.04. The van der Waals surface area contributed by atoms with E-state index in [1.54, 1.807) is 0 Å². The van der Waals surface area contributed by atoms with Crippen LogP contribution in [0.4, 0.5) is 0 Å². The van der Waals surface area contributed by atoms with E-state index in [1.807, 2.05) is 0 Å². The molecule has 4 heteroatoms. The molecule has 0 bridgehead atoms. The average Bonchev–Trinajstić information content (AvgIpc) is 2.30. The first-order chi connectivity index (χ1) is 8.45. The molecule has 0 aromatic heterocycles. The van der Waals surface area contributed by atoms with Crippen molar-refractivity contribution in [3.8, 4) is 0 Å². The fourth-order valence-corrected chi connectivity index (χ4v) is 1.94. The van der Waals surface area contributed by atoms with Gasteiger partial charge >= 0.3 is 5.97 Å². The smallest absolute Gasteiger partial charge is 0.335 e. The van der Waals surface area contributed by atoms with Gasteiger partial charge in [-0.2, -0.15) is 0 Å². The zero-order valence-corrected chi connectivity index (χ0v) is 11.6. The molecule has 0 saturated heterocycles. The van der Waals surface area contributed by atoms with Crippen molar-refractivity contribution in [3.63, 3.8) is 0 Å². The standard InChI is InChI=1S/C14H28O4/c1-11(2)9-7-5-3-4-6-8-10-12(15)13(16)14(17)18/h11-13,15-16H,3-10H2,1-2H3,(H,17,18). The fraction of sp³-hybridized carbons (Fsp3) is 0.929. The summed E-state index contributed by atoms with van der Waals surface area (Å²) in [5.74, 6) is -0.575. The highest BCUT2D eigenvalue weighted by molar-refractivity contribution is 5.72. The van der Waals surface area contributed by atoms with E-state index in [4.69, 9.17) is 10.2 Å². The minimum Gasteiger partial charge on any atom is -0.479 e. The van der Waals surface area contributed by atoms with Crippen molar-refractivity contribution in [3.05, 3.63) is 0 Å². The summed E-state index contributed by atoms with van der Waals surface area (Å²) < 4.78 is 0. The second-order valence-corrected chi connectivity index (χ2v) is 5.44. The second-order valence-electron chi connectivity index (χ2n) is 5.44. The van der Waals surface area contributed by atoms with Crippen LogP contribution in [0.2, 0.25) is 0 Å². The third kappa shape index (κ3) is 9.42. The predicted molar refractivity (Wildman–Crippen MR) is 71.4 cm³/mol. The van der Waals surface area contributed by atoms with Crippen LogP contribution in [0, 0.1) is 5.92 Å². The van der Waals surface area contributed by atoms with Crippen molar-refractivity contribution < 1.29 is 20.1 Å². The third-order valence-electron chi connectivity index (χ3n) is 3.15. The fourth-order valence-electron chi connectivity index (χ4n) is 1.94. The molecular formula is C14H28O4. The van der Waals surface area contributed by atoms with Gasteiger partial charge in [-0.05, 0) is 12.3 Å². The molecule has 0 aromatic carbocycles. The minimum atomic E-state index is -1.64. The lowest BCUT2D eigenvalue weighted by molar-refractivity contribution is -0.153. The van der Waals surface area contributed by atoms with Gasteiger partial charge in [-0.15, -0.1) is 0 Å². The van der Waals surface area contributed by atoms with Crippen molar-refractivity contribution in [2.75, 3.05) is 0 Å². The van der Waals surface area contributed by atoms with Crippen LogP contribution in [0.25, 0.3) is 0 Å². The Morgan fingerprint density at radius 1 is 0.889 bits per heavy atom. The molecule has 0 aliphatic carbocycles. The number of rotatable bonds is 11. The second kappa shape index (κ2) is 10.3. The number of aliphatic hydroxyl groups excluding tert-OH is 2. The number of carboxylic acid groups (broad SMARTS) is 1. The van der Waals surface area contributed by atoms with E-state index >= 15 is 0 Å². The van der Waals surface area contributed by atoms with Crippen molar-refractivity contribution >= 4 is 5.97 Å². The lowest BCUT2D eigenvalue weighted by atomic mass is 10.0. The molecule has 0 rings (SSSR count). The summed E-state index contributed by atoms with van der Waals surface area (Å²) in [5, 5.41) is 26.9. The molecule has 0 amide bonds. The van der Waals surface area contributed by atoms with E-state index in [9.17, 15) is 9.90 Å². The summed E-state index contributed by atoms with van der Waals surface area (Å²) in [5.41, 5.74) is 0. The van der Waals surface area contributed by atoms with Crippen LogP contribution in [0.15, 0.2) is 0 Å². The lowest BCUT2D eigenvalue weighted by Gasteiger charge is -2.13. The highest BCUT2D eigenvalue weighted by Crippen LogP contribution is 2.13. The van der Waals surface area contributed by atoms with E-state index < -0.39 is 18.2 Å². The van der Waals surface area contributed by atoms with Gasteiger partial charge in [0.1, 0.15) is 0 Å². The molecule has 3 N–H and O–H groups in total. The Balaban J connectivity index is 3.32. The SMILES string of the molecule is CC(C)CCCCCCCCC(O)C(O)C(=O)O. The molecule has 0 aromatic rings. The topological polar surface area (TPSA) is 77.8 Å². The molecule has 0 radical (unpaired) electrons. The molecule has 2 atom stereocenters. The van der Waals surface area contributed by atoms with E-state index in [0.29, 0.717) is 6.42 Å². The average molecular weight is 260 g/mol. The van der Waals surface area contributed by atoms with Gasteiger partial charge in [0.15, 0.2) is 6.10 Å². The van der Waals surface area contributed by atoms with Gasteiger partial charge in [-0.3, -0.25) is 0 Å². The molecule has 0 saturated carbocycles. The Hall–Kier alpha value is -0.610. The Morgan fingerprint density at radius 2 is 1.33 bits per heavy atom. The largest absolute Gasteiger partial charge is 0.479 e. The third-order valence-corrected chi connectivity index (χ3v) is 3.15. The summed E-state index contributed by atoms with van der Waals surface area (Å²) in [4.78, 5) is 10.4. The normalized spacial score (nSPS) is 14.7. The number of aliphatic hydroxyl groups is 2. The van der Waals surface area contributed by atoms with Gasteiger partial charge in [0.2, 0.25) is 0 Å². The Labute approximate surface area is 110 Å². The van der Waals surface area contributed by atoms with E-state index in [0.717, 1.165) is 25.2 Å². The Bertz CT molecular complexity index is 216. The number of aliphatic carboxylic acids is 1. The zero-order valence-electron chi connectivity index (χ0n) is 11.6. The van der Waals surface area contributed by atoms with Gasteiger partial charge in [0.25, 0.3) is 0 Å². The first-order valence-electron chi connectivity index (χ1n) is 7.04. The van der Waals surface area contributed by atoms with Crippen molar-refractivity contribution in [2.45, 2.75) is 77.4 Å². The Morgan fingerprint density at radius 3 is 1.78 bits per heavy atom. The number of carbonyl (C=O) groups is 1. The van der Waals surface area contributed by atoms with Crippen molar-refractivity contribution in [2.24, 2.45) is 5.92 Å². The molecule has 0 spiro atoms. The monoisotopic (exact) mass is 260 g/mol. The Kier molecular flexibility index (Phi) is 9.98. The molecule has 0 aliphatic rings. The summed E-state index contributed by atoms with van der Waals surface area (Å²) >= 11 is 0. The maximum atomic E-state index is 10.4. The van der Waals surface area contributed by atoms with E-state index in [-0.39, 0.29) is 0 Å². The highest BCUT2D eigenvalue weighted by atomic mass is 16.4. The van der Waals surface area contributed by atoms with Gasteiger partial charge in [-0.25, -0.2) is 4.79 Å². The first kappa shape index (κ1) is 17.4. The molecule has 0 heterocycles. The van der Waals surface area contributed by atoms with Crippen LogP contribution < -0.4 is 0 Å². The van der Waals surface area contributed by atoms with E-state index in [2.05, 4.69) is 13.8 Å². The maximum absolute atomic E-state index is 10.4. The number of unbranched alkanes of at least 4 members (excludes halogenated alkanes) is 5. The summed E-state index contributed by atoms with van der Waals surface area (Å²) in [6.45, 7) is 4.46. The molecule has 0 aliphatic heterocycles. The maximum Gasteiger partial charge on any atom is 0.335 e. The number of carboxylic acids is 1. The van der Waals surface area contributed by atoms with Crippen molar-refractivity contribution in [1.82, 2.24) is 0 Å². The molecule has 108 valence electrons. The molecular weight excluding hydrogens is 232 g/mol. The van der Waals surface area contributed by atoms with Crippen LogP contribution >= 0.6 is 0 Å². The highest BCUT2D eigenvalue weighted by Gasteiger charge is 2.22. The van der Waals surface area contributed by atoms with Crippen LogP contribution in [-0.2, 0) is 4.79 Å². The van der Waals surface area contributed by atoms with Crippen LogP contribution in [0.1, 0.15) is 65.2 Å². The molecule has 2 unspecified atom stereocenters. The van der Waals surface area contributed by atoms with Crippen molar-refractivity contribution in [1.29, 1.82) is 0 Å².